The first-order valence-electron chi connectivity index (χ1n) is 21.8. The molecule has 4 nitrogen and oxygen atoms in total. The van der Waals surface area contributed by atoms with Crippen LogP contribution < -0.4 is 0 Å². The molecule has 0 atom stereocenters. The summed E-state index contributed by atoms with van der Waals surface area (Å²) in [5, 5.41) is 9.33. The van der Waals surface area contributed by atoms with Gasteiger partial charge < -0.3 is 18.0 Å². The first-order valence-corrected chi connectivity index (χ1v) is 21.8. The van der Waals surface area contributed by atoms with E-state index in [1.54, 1.807) is 0 Å². The van der Waals surface area contributed by atoms with Gasteiger partial charge in [-0.3, -0.25) is 0 Å². The molecule has 10 aromatic carbocycles. The van der Waals surface area contributed by atoms with Crippen molar-refractivity contribution in [3.05, 3.63) is 218 Å². The van der Waals surface area contributed by atoms with Crippen LogP contribution in [0.1, 0.15) is 0 Å². The van der Waals surface area contributed by atoms with Crippen LogP contribution in [0.25, 0.3) is 132 Å². The van der Waals surface area contributed by atoms with Crippen LogP contribution in [0.5, 0.6) is 0 Å². The van der Waals surface area contributed by atoms with E-state index in [0.717, 1.165) is 88.5 Å². The SMILES string of the molecule is c1ccc(-n2c3ccccc3c3cc(-c4ccc(-n5c6ccc(-c7cccc8c7oc7ccccc78)cc6c6cc(-c7cccc8c7oc7ccccc78)ccc65)cc4)ccc32)cc1. The predicted octanol–water partition coefficient (Wildman–Crippen LogP) is 16.7. The number of rotatable bonds is 5. The van der Waals surface area contributed by atoms with E-state index in [9.17, 15) is 0 Å². The minimum absolute atomic E-state index is 0.898. The fraction of sp³-hybridized carbons (Fsp3) is 0. The van der Waals surface area contributed by atoms with Gasteiger partial charge in [0.05, 0.1) is 22.1 Å². The first kappa shape index (κ1) is 35.0. The van der Waals surface area contributed by atoms with E-state index in [2.05, 4.69) is 203 Å². The number of nitrogens with zero attached hydrogens (tertiary/aromatic N) is 2. The van der Waals surface area contributed by atoms with E-state index in [1.807, 2.05) is 24.3 Å². The summed E-state index contributed by atoms with van der Waals surface area (Å²) in [6, 6.07) is 78.5. The molecule has 0 aliphatic heterocycles. The molecular formula is C60H36N2O2. The minimum atomic E-state index is 0.898. The van der Waals surface area contributed by atoms with Gasteiger partial charge in [-0.25, -0.2) is 0 Å². The molecule has 0 bridgehead atoms. The lowest BCUT2D eigenvalue weighted by Gasteiger charge is -2.11. The molecule has 4 heteroatoms. The van der Waals surface area contributed by atoms with Crippen molar-refractivity contribution in [3.8, 4) is 44.8 Å². The molecular weight excluding hydrogens is 781 g/mol. The van der Waals surface area contributed by atoms with E-state index in [1.165, 1.54) is 43.7 Å². The number of hydrogen-bond donors (Lipinski definition) is 0. The number of hydrogen-bond acceptors (Lipinski definition) is 2. The number of para-hydroxylation sites is 6. The molecule has 4 heterocycles. The second kappa shape index (κ2) is 13.4. The maximum Gasteiger partial charge on any atom is 0.143 e. The summed E-state index contributed by atoms with van der Waals surface area (Å²) in [6.07, 6.45) is 0. The Morgan fingerprint density at radius 3 is 1.23 bits per heavy atom. The van der Waals surface area contributed by atoms with Crippen molar-refractivity contribution in [2.45, 2.75) is 0 Å². The van der Waals surface area contributed by atoms with Crippen LogP contribution in [0.3, 0.4) is 0 Å². The second-order valence-corrected chi connectivity index (χ2v) is 16.8. The molecule has 0 fully saturated rings. The maximum absolute atomic E-state index is 6.55. The van der Waals surface area contributed by atoms with Crippen LogP contribution in [0.2, 0.25) is 0 Å². The third-order valence-corrected chi connectivity index (χ3v) is 13.3. The summed E-state index contributed by atoms with van der Waals surface area (Å²) >= 11 is 0. The monoisotopic (exact) mass is 816 g/mol. The maximum atomic E-state index is 6.55. The third-order valence-electron chi connectivity index (χ3n) is 13.3. The van der Waals surface area contributed by atoms with Crippen LogP contribution in [0.4, 0.5) is 0 Å². The Kier molecular flexibility index (Phi) is 7.36. The number of furan rings is 2. The number of aromatic nitrogens is 2. The molecule has 0 amide bonds. The van der Waals surface area contributed by atoms with Crippen molar-refractivity contribution in [3.63, 3.8) is 0 Å². The summed E-state index contributed by atoms with van der Waals surface area (Å²) in [5.41, 5.74) is 17.3. The minimum Gasteiger partial charge on any atom is -0.455 e. The average molecular weight is 817 g/mol. The zero-order chi connectivity index (χ0) is 41.9. The molecule has 0 radical (unpaired) electrons. The highest BCUT2D eigenvalue weighted by Crippen LogP contribution is 2.43. The summed E-state index contributed by atoms with van der Waals surface area (Å²) in [6.45, 7) is 0. The van der Waals surface area contributed by atoms with Crippen molar-refractivity contribution in [2.24, 2.45) is 0 Å². The Morgan fingerprint density at radius 2 is 0.656 bits per heavy atom. The summed E-state index contributed by atoms with van der Waals surface area (Å²) in [7, 11) is 0. The lowest BCUT2D eigenvalue weighted by molar-refractivity contribution is 0.669. The number of benzene rings is 10. The molecule has 14 aromatic rings. The van der Waals surface area contributed by atoms with Gasteiger partial charge in [-0.15, -0.1) is 0 Å². The highest BCUT2D eigenvalue weighted by Gasteiger charge is 2.20. The van der Waals surface area contributed by atoms with Crippen molar-refractivity contribution in [2.75, 3.05) is 0 Å². The van der Waals surface area contributed by atoms with E-state index < -0.39 is 0 Å². The predicted molar refractivity (Wildman–Crippen MR) is 266 cm³/mol. The summed E-state index contributed by atoms with van der Waals surface area (Å²) in [4.78, 5) is 0. The summed E-state index contributed by atoms with van der Waals surface area (Å²) in [5.74, 6) is 0. The Hall–Kier alpha value is -8.60. The second-order valence-electron chi connectivity index (χ2n) is 16.8. The molecule has 14 rings (SSSR count). The fourth-order valence-corrected chi connectivity index (χ4v) is 10.4. The Balaban J connectivity index is 0.940. The molecule has 0 unspecified atom stereocenters. The normalized spacial score (nSPS) is 12.1. The highest BCUT2D eigenvalue weighted by atomic mass is 16.3. The van der Waals surface area contributed by atoms with Crippen molar-refractivity contribution >= 4 is 87.5 Å². The molecule has 0 saturated carbocycles. The zero-order valence-corrected chi connectivity index (χ0v) is 34.5. The van der Waals surface area contributed by atoms with Crippen LogP contribution in [-0.2, 0) is 0 Å². The van der Waals surface area contributed by atoms with Gasteiger partial charge in [0.25, 0.3) is 0 Å². The molecule has 298 valence electrons. The molecule has 0 spiro atoms. The van der Waals surface area contributed by atoms with Gasteiger partial charge in [-0.05, 0) is 101 Å². The lowest BCUT2D eigenvalue weighted by Crippen LogP contribution is -1.94. The number of fused-ring (bicyclic) bond motifs is 12. The topological polar surface area (TPSA) is 36.1 Å². The summed E-state index contributed by atoms with van der Waals surface area (Å²) < 4.78 is 17.9. The Labute approximate surface area is 367 Å². The van der Waals surface area contributed by atoms with Crippen LogP contribution in [0, 0.1) is 0 Å². The van der Waals surface area contributed by atoms with Gasteiger partial charge in [-0.2, -0.15) is 0 Å². The smallest absolute Gasteiger partial charge is 0.143 e. The lowest BCUT2D eigenvalue weighted by atomic mass is 9.98. The third kappa shape index (κ3) is 5.11. The van der Waals surface area contributed by atoms with Crippen LogP contribution in [0.15, 0.2) is 227 Å². The Bertz CT molecular complexity index is 4010. The quantitative estimate of drug-likeness (QED) is 0.173. The van der Waals surface area contributed by atoms with E-state index in [-0.39, 0.29) is 0 Å². The molecule has 0 saturated heterocycles. The highest BCUT2D eigenvalue weighted by molar-refractivity contribution is 6.16. The molecule has 64 heavy (non-hydrogen) atoms. The van der Waals surface area contributed by atoms with Crippen LogP contribution >= 0.6 is 0 Å². The molecule has 4 aromatic heterocycles. The van der Waals surface area contributed by atoms with Gasteiger partial charge in [0.2, 0.25) is 0 Å². The first-order chi connectivity index (χ1) is 31.7. The Morgan fingerprint density at radius 1 is 0.250 bits per heavy atom. The molecule has 0 aliphatic carbocycles. The fourth-order valence-electron chi connectivity index (χ4n) is 10.4. The van der Waals surface area contributed by atoms with Crippen molar-refractivity contribution in [1.82, 2.24) is 9.13 Å². The molecule has 0 N–H and O–H groups in total. The van der Waals surface area contributed by atoms with Crippen molar-refractivity contribution in [1.29, 1.82) is 0 Å². The van der Waals surface area contributed by atoms with Gasteiger partial charge in [0.1, 0.15) is 22.3 Å². The van der Waals surface area contributed by atoms with Crippen LogP contribution in [-0.4, -0.2) is 9.13 Å². The van der Waals surface area contributed by atoms with Gasteiger partial charge >= 0.3 is 0 Å². The van der Waals surface area contributed by atoms with Gasteiger partial charge in [-0.1, -0.05) is 140 Å². The van der Waals surface area contributed by atoms with Gasteiger partial charge in [0.15, 0.2) is 0 Å². The van der Waals surface area contributed by atoms with E-state index in [4.69, 9.17) is 8.83 Å². The van der Waals surface area contributed by atoms with Crippen molar-refractivity contribution < 1.29 is 8.83 Å². The van der Waals surface area contributed by atoms with E-state index in [0.29, 0.717) is 0 Å². The average Bonchev–Trinajstić information content (AvgIpc) is 4.11. The largest absolute Gasteiger partial charge is 0.455 e. The standard InChI is InChI=1S/C60H36N2O2/c1-2-12-41(13-3-1)61-53-21-7-4-14-45(53)50-34-38(26-31-54(50)61)37-24-29-42(30-25-37)62-55-32-27-39(43-17-10-19-48-46-15-5-8-22-57(46)63-59(43)48)35-51(55)52-36-40(28-33-56(52)62)44-18-11-20-49-47-16-6-9-23-58(47)64-60(44)49/h1-36H. The van der Waals surface area contributed by atoms with Gasteiger partial charge in [0, 0.05) is 65.6 Å². The molecule has 0 aliphatic rings. The van der Waals surface area contributed by atoms with E-state index >= 15 is 0 Å². The zero-order valence-electron chi connectivity index (χ0n) is 34.5.